The summed E-state index contributed by atoms with van der Waals surface area (Å²) in [5, 5.41) is 0. The molecule has 414 valence electrons. The van der Waals surface area contributed by atoms with Crippen LogP contribution in [0.2, 0.25) is 0 Å². The van der Waals surface area contributed by atoms with Gasteiger partial charge >= 0.3 is 0 Å². The minimum Gasteiger partial charge on any atom is -0.0654 e. The standard InChI is InChI=1S/C70H134/c1-2-3-4-5-6-7-8-9-10-11-12-13-14-15-16-17-18-19-20-21-22-23-24-25-26-27-28-29-30-31-32-33-34-35-36-37-38-39-40-41-42-43-44-45-46-47-48-49-50-51-52-53-54-55-56-57-58-59-60-61-62-64-67-70-68-65-63-66-69-70/h63,65-66,68-69H,2-62,64,67H2,1H3. The zero-order valence-corrected chi connectivity index (χ0v) is 48.9. The predicted molar refractivity (Wildman–Crippen MR) is 322 cm³/mol. The van der Waals surface area contributed by atoms with Gasteiger partial charge in [0.15, 0.2) is 0 Å². The van der Waals surface area contributed by atoms with E-state index in [1.165, 1.54) is 410 Å². The van der Waals surface area contributed by atoms with Crippen LogP contribution in [0.5, 0.6) is 0 Å². The Hall–Kier alpha value is -0.780. The second-order valence-electron chi connectivity index (χ2n) is 23.8. The van der Waals surface area contributed by atoms with E-state index in [1.54, 1.807) is 0 Å². The molecular weight excluding hydrogens is 841 g/mol. The molecule has 1 aromatic carbocycles. The van der Waals surface area contributed by atoms with E-state index < -0.39 is 0 Å². The Balaban J connectivity index is 1.59. The van der Waals surface area contributed by atoms with Crippen LogP contribution >= 0.6 is 0 Å². The molecule has 0 radical (unpaired) electrons. The van der Waals surface area contributed by atoms with E-state index in [0.29, 0.717) is 0 Å². The molecule has 0 nitrogen and oxygen atoms in total. The Morgan fingerprint density at radius 1 is 0.157 bits per heavy atom. The lowest BCUT2D eigenvalue weighted by atomic mass is 10.0. The molecule has 0 bridgehead atoms. The first-order valence-electron chi connectivity index (χ1n) is 34.0. The SMILES string of the molecule is CCCCCCCCCCCCCCCCCCCCCCCCCCCCCCCCCCCCCCCCCCCCCCCCCCCCCCCCCCCCCCCCc1ccccc1. The van der Waals surface area contributed by atoms with Gasteiger partial charge in [-0.05, 0) is 18.4 Å². The maximum absolute atomic E-state index is 2.31. The molecular formula is C70H134. The number of rotatable bonds is 63. The van der Waals surface area contributed by atoms with Gasteiger partial charge in [-0.15, -0.1) is 0 Å². The molecule has 0 spiro atoms. The van der Waals surface area contributed by atoms with Gasteiger partial charge in [0.2, 0.25) is 0 Å². The van der Waals surface area contributed by atoms with Crippen LogP contribution < -0.4 is 0 Å². The van der Waals surface area contributed by atoms with Gasteiger partial charge in [-0.3, -0.25) is 0 Å². The largest absolute Gasteiger partial charge is 0.0654 e. The van der Waals surface area contributed by atoms with Gasteiger partial charge in [0.05, 0.1) is 0 Å². The van der Waals surface area contributed by atoms with E-state index in [9.17, 15) is 0 Å². The Kier molecular flexibility index (Phi) is 60.0. The lowest BCUT2D eigenvalue weighted by Crippen LogP contribution is -1.86. The van der Waals surface area contributed by atoms with Gasteiger partial charge in [0.25, 0.3) is 0 Å². The minimum atomic E-state index is 1.26. The molecule has 0 aromatic heterocycles. The van der Waals surface area contributed by atoms with Gasteiger partial charge < -0.3 is 0 Å². The molecule has 0 aliphatic heterocycles. The first kappa shape index (κ1) is 67.2. The monoisotopic (exact) mass is 975 g/mol. The van der Waals surface area contributed by atoms with Crippen molar-refractivity contribution in [1.29, 1.82) is 0 Å². The van der Waals surface area contributed by atoms with E-state index in [1.807, 2.05) is 0 Å². The predicted octanol–water partition coefficient (Wildman–Crippen LogP) is 26.4. The summed E-state index contributed by atoms with van der Waals surface area (Å²) < 4.78 is 0. The van der Waals surface area contributed by atoms with Gasteiger partial charge in [0.1, 0.15) is 0 Å². The maximum atomic E-state index is 2.31. The van der Waals surface area contributed by atoms with E-state index in [0.717, 1.165) is 0 Å². The Morgan fingerprint density at radius 2 is 0.286 bits per heavy atom. The van der Waals surface area contributed by atoms with E-state index in [2.05, 4.69) is 37.3 Å². The Labute approximate surface area is 445 Å². The van der Waals surface area contributed by atoms with Crippen molar-refractivity contribution in [2.24, 2.45) is 0 Å². The smallest absolute Gasteiger partial charge is 0.0279 e. The topological polar surface area (TPSA) is 0 Å². The second-order valence-corrected chi connectivity index (χ2v) is 23.8. The second kappa shape index (κ2) is 62.5. The minimum absolute atomic E-state index is 1.26. The number of benzene rings is 1. The summed E-state index contributed by atoms with van der Waals surface area (Å²) in [7, 11) is 0. The third kappa shape index (κ3) is 58.1. The van der Waals surface area contributed by atoms with Gasteiger partial charge in [0, 0.05) is 0 Å². The molecule has 0 heterocycles. The van der Waals surface area contributed by atoms with Crippen molar-refractivity contribution in [2.45, 2.75) is 411 Å². The molecule has 0 fully saturated rings. The van der Waals surface area contributed by atoms with Crippen LogP contribution in [0.15, 0.2) is 30.3 Å². The zero-order valence-electron chi connectivity index (χ0n) is 48.9. The molecule has 0 saturated heterocycles. The summed E-state index contributed by atoms with van der Waals surface area (Å²) in [5.41, 5.74) is 1.51. The molecule has 0 heteroatoms. The molecule has 0 aliphatic carbocycles. The molecule has 1 rings (SSSR count). The highest BCUT2D eigenvalue weighted by atomic mass is 14.1. The van der Waals surface area contributed by atoms with Crippen molar-refractivity contribution < 1.29 is 0 Å². The Morgan fingerprint density at radius 3 is 0.429 bits per heavy atom. The maximum Gasteiger partial charge on any atom is -0.0279 e. The summed E-state index contributed by atoms with van der Waals surface area (Å²) >= 11 is 0. The number of hydrogen-bond acceptors (Lipinski definition) is 0. The fourth-order valence-electron chi connectivity index (χ4n) is 11.7. The average Bonchev–Trinajstić information content (AvgIpc) is 3.38. The molecule has 0 saturated carbocycles. The van der Waals surface area contributed by atoms with E-state index >= 15 is 0 Å². The first-order valence-corrected chi connectivity index (χ1v) is 34.0. The highest BCUT2D eigenvalue weighted by molar-refractivity contribution is 5.14. The van der Waals surface area contributed by atoms with Crippen molar-refractivity contribution in [3.63, 3.8) is 0 Å². The van der Waals surface area contributed by atoms with Gasteiger partial charge in [-0.1, -0.05) is 429 Å². The number of hydrogen-bond donors (Lipinski definition) is 0. The van der Waals surface area contributed by atoms with Crippen molar-refractivity contribution in [2.75, 3.05) is 0 Å². The third-order valence-electron chi connectivity index (χ3n) is 16.7. The zero-order chi connectivity index (χ0) is 49.7. The molecule has 0 atom stereocenters. The Bertz CT molecular complexity index is 1010. The van der Waals surface area contributed by atoms with Crippen LogP contribution in [-0.4, -0.2) is 0 Å². The van der Waals surface area contributed by atoms with E-state index in [4.69, 9.17) is 0 Å². The molecule has 70 heavy (non-hydrogen) atoms. The van der Waals surface area contributed by atoms with Crippen LogP contribution in [0.1, 0.15) is 411 Å². The van der Waals surface area contributed by atoms with Crippen molar-refractivity contribution in [1.82, 2.24) is 0 Å². The fourth-order valence-corrected chi connectivity index (χ4v) is 11.7. The quantitative estimate of drug-likeness (QED) is 0.0571. The lowest BCUT2D eigenvalue weighted by Gasteiger charge is -2.05. The number of unbranched alkanes of at least 4 members (excludes halogenated alkanes) is 61. The molecule has 1 aromatic rings. The van der Waals surface area contributed by atoms with Crippen LogP contribution in [-0.2, 0) is 6.42 Å². The lowest BCUT2D eigenvalue weighted by molar-refractivity contribution is 0.506. The van der Waals surface area contributed by atoms with Gasteiger partial charge in [-0.2, -0.15) is 0 Å². The van der Waals surface area contributed by atoms with Crippen molar-refractivity contribution in [3.8, 4) is 0 Å². The van der Waals surface area contributed by atoms with Crippen LogP contribution in [0.25, 0.3) is 0 Å². The highest BCUT2D eigenvalue weighted by Gasteiger charge is 2.01. The number of aryl methyl sites for hydroxylation is 1. The highest BCUT2D eigenvalue weighted by Crippen LogP contribution is 2.20. The normalized spacial score (nSPS) is 11.7. The molecule has 0 unspecified atom stereocenters. The first-order chi connectivity index (χ1) is 34.9. The van der Waals surface area contributed by atoms with Crippen molar-refractivity contribution >= 4 is 0 Å². The summed E-state index contributed by atoms with van der Waals surface area (Å²) in [6.07, 6.45) is 93.3. The summed E-state index contributed by atoms with van der Waals surface area (Å²) in [4.78, 5) is 0. The van der Waals surface area contributed by atoms with E-state index in [-0.39, 0.29) is 0 Å². The average molecular weight is 976 g/mol. The van der Waals surface area contributed by atoms with Crippen LogP contribution in [0.3, 0.4) is 0 Å². The van der Waals surface area contributed by atoms with Crippen LogP contribution in [0, 0.1) is 0 Å². The fraction of sp³-hybridized carbons (Fsp3) is 0.914. The van der Waals surface area contributed by atoms with Gasteiger partial charge in [-0.25, -0.2) is 0 Å². The van der Waals surface area contributed by atoms with Crippen molar-refractivity contribution in [3.05, 3.63) is 35.9 Å². The molecule has 0 N–H and O–H groups in total. The molecule has 0 amide bonds. The summed E-state index contributed by atoms with van der Waals surface area (Å²) in [6, 6.07) is 11.0. The summed E-state index contributed by atoms with van der Waals surface area (Å²) in [6.45, 7) is 2.31. The van der Waals surface area contributed by atoms with Crippen LogP contribution in [0.4, 0.5) is 0 Å². The third-order valence-corrected chi connectivity index (χ3v) is 16.7. The summed E-state index contributed by atoms with van der Waals surface area (Å²) in [5.74, 6) is 0. The molecule has 0 aliphatic rings.